The summed E-state index contributed by atoms with van der Waals surface area (Å²) in [6.07, 6.45) is 3.17. The van der Waals surface area contributed by atoms with Crippen molar-refractivity contribution in [3.63, 3.8) is 0 Å². The van der Waals surface area contributed by atoms with Crippen LogP contribution >= 0.6 is 0 Å². The molecule has 0 bridgehead atoms. The number of aromatic nitrogens is 1. The molecule has 9 nitrogen and oxygen atoms in total. The molecule has 0 unspecified atom stereocenters. The Kier molecular flexibility index (Phi) is 8.73. The van der Waals surface area contributed by atoms with E-state index in [4.69, 9.17) is 10.7 Å². The molecule has 1 aliphatic rings. The maximum absolute atomic E-state index is 9.52. The Morgan fingerprint density at radius 3 is 2.56 bits per heavy atom. The molecule has 0 spiro atoms. The van der Waals surface area contributed by atoms with Gasteiger partial charge in [0, 0.05) is 25.3 Å². The Morgan fingerprint density at radius 1 is 1.24 bits per heavy atom. The minimum absolute atomic E-state index is 0.0671. The van der Waals surface area contributed by atoms with Gasteiger partial charge in [-0.05, 0) is 55.5 Å². The van der Waals surface area contributed by atoms with Gasteiger partial charge in [0.25, 0.3) is 0 Å². The predicted molar refractivity (Wildman–Crippen MR) is 132 cm³/mol. The van der Waals surface area contributed by atoms with Crippen LogP contribution in [-0.4, -0.2) is 64.4 Å². The standard InChI is InChI=1S/C25H32N6O3/c1-16(2)29-24-21(12-26)11-22(13-28-24)25(34-27)30-17(3)19-5-4-18-6-8-31(23(14-32)15-33)9-7-20(18)10-19/h4-5,10-11,13,16,23,32-33H,3,6-9,14-15,27H2,1-2H3,(H,28,29)/b30-25-. The molecule has 0 aliphatic carbocycles. The minimum atomic E-state index is -0.244. The second-order valence-corrected chi connectivity index (χ2v) is 8.55. The van der Waals surface area contributed by atoms with Gasteiger partial charge in [0.15, 0.2) is 0 Å². The molecule has 180 valence electrons. The SMILES string of the molecule is C=C(/N=C(\ON)c1cnc(NC(C)C)c(C#N)c1)c1ccc2c(c1)CCN(C(CO)CO)CC2. The molecule has 0 fully saturated rings. The highest BCUT2D eigenvalue weighted by Gasteiger charge is 2.21. The highest BCUT2D eigenvalue weighted by molar-refractivity contribution is 5.97. The number of nitrogens with two attached hydrogens (primary N) is 1. The second kappa shape index (κ2) is 11.7. The molecule has 0 radical (unpaired) electrons. The number of anilines is 1. The first kappa shape index (κ1) is 25.3. The number of rotatable bonds is 8. The summed E-state index contributed by atoms with van der Waals surface area (Å²) in [6.45, 7) is 9.40. The maximum atomic E-state index is 9.52. The van der Waals surface area contributed by atoms with Crippen LogP contribution in [0.2, 0.25) is 0 Å². The van der Waals surface area contributed by atoms with E-state index in [1.165, 1.54) is 11.1 Å². The Hall–Kier alpha value is -3.29. The summed E-state index contributed by atoms with van der Waals surface area (Å²) in [6, 6.07) is 9.72. The number of pyridine rings is 1. The van der Waals surface area contributed by atoms with Gasteiger partial charge < -0.3 is 20.4 Å². The fraction of sp³-hybridized carbons (Fsp3) is 0.400. The highest BCUT2D eigenvalue weighted by Crippen LogP contribution is 2.24. The van der Waals surface area contributed by atoms with E-state index in [2.05, 4.69) is 45.0 Å². The van der Waals surface area contributed by atoms with E-state index < -0.39 is 0 Å². The van der Waals surface area contributed by atoms with E-state index in [9.17, 15) is 15.5 Å². The highest BCUT2D eigenvalue weighted by atomic mass is 16.6. The largest absolute Gasteiger partial charge is 0.395 e. The molecule has 3 rings (SSSR count). The summed E-state index contributed by atoms with van der Waals surface area (Å²) < 4.78 is 0. The van der Waals surface area contributed by atoms with Gasteiger partial charge in [0.2, 0.25) is 5.90 Å². The lowest BCUT2D eigenvalue weighted by atomic mass is 9.99. The van der Waals surface area contributed by atoms with Crippen LogP contribution in [0.5, 0.6) is 0 Å². The second-order valence-electron chi connectivity index (χ2n) is 8.55. The third kappa shape index (κ3) is 5.98. The molecule has 1 aromatic heterocycles. The molecule has 2 heterocycles. The summed E-state index contributed by atoms with van der Waals surface area (Å²) in [4.78, 5) is 15.9. The van der Waals surface area contributed by atoms with Crippen molar-refractivity contribution in [2.24, 2.45) is 10.9 Å². The maximum Gasteiger partial charge on any atom is 0.246 e. The smallest absolute Gasteiger partial charge is 0.246 e. The van der Waals surface area contributed by atoms with E-state index in [-0.39, 0.29) is 31.2 Å². The summed E-state index contributed by atoms with van der Waals surface area (Å²) in [5.74, 6) is 6.10. The van der Waals surface area contributed by atoms with Crippen molar-refractivity contribution in [2.75, 3.05) is 31.6 Å². The lowest BCUT2D eigenvalue weighted by Gasteiger charge is -2.27. The molecule has 0 saturated heterocycles. The Bertz CT molecular complexity index is 1090. The van der Waals surface area contributed by atoms with Crippen LogP contribution in [0.1, 0.15) is 41.7 Å². The van der Waals surface area contributed by atoms with Gasteiger partial charge in [-0.3, -0.25) is 4.90 Å². The van der Waals surface area contributed by atoms with Gasteiger partial charge in [0.05, 0.1) is 36.1 Å². The van der Waals surface area contributed by atoms with Crippen molar-refractivity contribution in [3.8, 4) is 6.07 Å². The fourth-order valence-electron chi connectivity index (χ4n) is 3.98. The Balaban J connectivity index is 1.82. The van der Waals surface area contributed by atoms with Crippen molar-refractivity contribution in [1.29, 1.82) is 5.26 Å². The number of fused-ring (bicyclic) bond motifs is 1. The number of benzene rings is 1. The first-order chi connectivity index (χ1) is 16.4. The monoisotopic (exact) mass is 464 g/mol. The van der Waals surface area contributed by atoms with Gasteiger partial charge >= 0.3 is 0 Å². The molecular weight excluding hydrogens is 432 g/mol. The van der Waals surface area contributed by atoms with Gasteiger partial charge in [-0.15, -0.1) is 0 Å². The zero-order chi connectivity index (χ0) is 24.7. The van der Waals surface area contributed by atoms with Crippen LogP contribution in [0.25, 0.3) is 5.70 Å². The number of hydrogen-bond acceptors (Lipinski definition) is 9. The van der Waals surface area contributed by atoms with Crippen molar-refractivity contribution >= 4 is 17.4 Å². The molecule has 34 heavy (non-hydrogen) atoms. The number of aliphatic imine (C=N–C) groups is 1. The molecule has 0 saturated carbocycles. The average Bonchev–Trinajstić information content (AvgIpc) is 3.05. The summed E-state index contributed by atoms with van der Waals surface area (Å²) in [5.41, 5.74) is 4.53. The zero-order valence-corrected chi connectivity index (χ0v) is 19.7. The zero-order valence-electron chi connectivity index (χ0n) is 19.7. The molecule has 2 aromatic rings. The quantitative estimate of drug-likeness (QED) is 0.264. The van der Waals surface area contributed by atoms with E-state index in [0.29, 0.717) is 22.6 Å². The molecule has 0 amide bonds. The third-order valence-corrected chi connectivity index (χ3v) is 5.84. The fourth-order valence-corrected chi connectivity index (χ4v) is 3.98. The summed E-state index contributed by atoms with van der Waals surface area (Å²) in [7, 11) is 0. The number of hydrogen-bond donors (Lipinski definition) is 4. The third-order valence-electron chi connectivity index (χ3n) is 5.84. The molecule has 5 N–H and O–H groups in total. The van der Waals surface area contributed by atoms with Crippen molar-refractivity contribution < 1.29 is 15.1 Å². The molecular formula is C25H32N6O3. The predicted octanol–water partition coefficient (Wildman–Crippen LogP) is 1.84. The van der Waals surface area contributed by atoms with Crippen LogP contribution in [0.4, 0.5) is 5.82 Å². The molecule has 1 aromatic carbocycles. The topological polar surface area (TPSA) is 140 Å². The lowest BCUT2D eigenvalue weighted by Crippen LogP contribution is -2.42. The van der Waals surface area contributed by atoms with Crippen LogP contribution in [0, 0.1) is 11.3 Å². The number of nitrogens with zero attached hydrogens (tertiary/aromatic N) is 4. The van der Waals surface area contributed by atoms with Crippen LogP contribution in [0.3, 0.4) is 0 Å². The van der Waals surface area contributed by atoms with Crippen molar-refractivity contribution in [3.05, 3.63) is 64.9 Å². The number of aliphatic hydroxyl groups is 2. The van der Waals surface area contributed by atoms with E-state index in [0.717, 1.165) is 31.5 Å². The van der Waals surface area contributed by atoms with E-state index in [1.807, 2.05) is 19.9 Å². The number of nitrogens with one attached hydrogen (secondary N) is 1. The van der Waals surface area contributed by atoms with Gasteiger partial charge in [-0.2, -0.15) is 11.2 Å². The number of aliphatic hydroxyl groups excluding tert-OH is 2. The van der Waals surface area contributed by atoms with Gasteiger partial charge in [-0.1, -0.05) is 18.7 Å². The first-order valence-electron chi connectivity index (χ1n) is 11.3. The van der Waals surface area contributed by atoms with Crippen LogP contribution in [-0.2, 0) is 17.7 Å². The Labute approximate surface area is 200 Å². The average molecular weight is 465 g/mol. The normalized spacial score (nSPS) is 14.5. The first-order valence-corrected chi connectivity index (χ1v) is 11.3. The molecule has 9 heteroatoms. The lowest BCUT2D eigenvalue weighted by molar-refractivity contribution is 0.0769. The molecule has 0 atom stereocenters. The molecule has 1 aliphatic heterocycles. The summed E-state index contributed by atoms with van der Waals surface area (Å²) in [5, 5.41) is 31.7. The minimum Gasteiger partial charge on any atom is -0.395 e. The van der Waals surface area contributed by atoms with Crippen LogP contribution in [0.15, 0.2) is 42.0 Å². The summed E-state index contributed by atoms with van der Waals surface area (Å²) >= 11 is 0. The Morgan fingerprint density at radius 2 is 1.94 bits per heavy atom. The van der Waals surface area contributed by atoms with Gasteiger partial charge in [0.1, 0.15) is 11.9 Å². The van der Waals surface area contributed by atoms with Crippen molar-refractivity contribution in [2.45, 2.75) is 38.8 Å². The number of nitriles is 1. The van der Waals surface area contributed by atoms with Crippen LogP contribution < -0.4 is 11.2 Å². The van der Waals surface area contributed by atoms with E-state index >= 15 is 0 Å². The van der Waals surface area contributed by atoms with Gasteiger partial charge in [-0.25, -0.2) is 9.98 Å². The van der Waals surface area contributed by atoms with E-state index in [1.54, 1.807) is 12.3 Å². The van der Waals surface area contributed by atoms with Crippen molar-refractivity contribution in [1.82, 2.24) is 9.88 Å².